The van der Waals surface area contributed by atoms with E-state index in [9.17, 15) is 13.2 Å². The Kier molecular flexibility index (Phi) is 5.22. The molecule has 1 aromatic carbocycles. The summed E-state index contributed by atoms with van der Waals surface area (Å²) in [5.41, 5.74) is 0.857. The van der Waals surface area contributed by atoms with Crippen LogP contribution in [0.2, 0.25) is 0 Å². The molecule has 2 aromatic rings. The van der Waals surface area contributed by atoms with Crippen LogP contribution < -0.4 is 15.4 Å². The summed E-state index contributed by atoms with van der Waals surface area (Å²) < 4.78 is 40.8. The zero-order valence-corrected chi connectivity index (χ0v) is 12.2. The van der Waals surface area contributed by atoms with Crippen LogP contribution in [0.1, 0.15) is 0 Å². The minimum Gasteiger partial charge on any atom is -0.406 e. The van der Waals surface area contributed by atoms with Gasteiger partial charge < -0.3 is 20.5 Å². The second-order valence-corrected chi connectivity index (χ2v) is 4.44. The lowest BCUT2D eigenvalue weighted by molar-refractivity contribution is -0.274. The molecule has 0 saturated heterocycles. The number of rotatable bonds is 6. The van der Waals surface area contributed by atoms with E-state index in [0.29, 0.717) is 17.1 Å². The van der Waals surface area contributed by atoms with E-state index in [1.807, 2.05) is 0 Å². The number of hydrogen-bond donors (Lipinski definition) is 3. The quantitative estimate of drug-likeness (QED) is 0.756. The first-order valence-corrected chi connectivity index (χ1v) is 6.69. The molecule has 0 spiro atoms. The summed E-state index contributed by atoms with van der Waals surface area (Å²) in [4.78, 5) is 8.36. The number of halogens is 3. The number of ether oxygens (including phenoxy) is 1. The Bertz CT molecular complexity index is 665. The normalized spacial score (nSPS) is 11.2. The van der Waals surface area contributed by atoms with Gasteiger partial charge in [-0.05, 0) is 12.1 Å². The van der Waals surface area contributed by atoms with E-state index in [1.54, 1.807) is 19.2 Å². The van der Waals surface area contributed by atoms with E-state index in [2.05, 4.69) is 25.3 Å². The minimum absolute atomic E-state index is 0.0998. The largest absolute Gasteiger partial charge is 0.573 e. The topological polar surface area (TPSA) is 79.3 Å². The van der Waals surface area contributed by atoms with Crippen molar-refractivity contribution in [2.75, 3.05) is 30.8 Å². The van der Waals surface area contributed by atoms with Gasteiger partial charge in [0.2, 0.25) is 5.95 Å². The van der Waals surface area contributed by atoms with Gasteiger partial charge in [-0.25, -0.2) is 4.98 Å². The predicted molar refractivity (Wildman–Crippen MR) is 79.3 cm³/mol. The number of aliphatic hydroxyl groups excluding tert-OH is 1. The predicted octanol–water partition coefficient (Wildman–Crippen LogP) is 2.49. The molecule has 0 aliphatic rings. The van der Waals surface area contributed by atoms with Crippen molar-refractivity contribution in [1.29, 1.82) is 0 Å². The molecule has 23 heavy (non-hydrogen) atoms. The number of anilines is 2. The first-order valence-electron chi connectivity index (χ1n) is 6.69. The van der Waals surface area contributed by atoms with Crippen LogP contribution in [0.4, 0.5) is 24.9 Å². The van der Waals surface area contributed by atoms with Crippen LogP contribution in [0.25, 0.3) is 11.3 Å². The van der Waals surface area contributed by atoms with Crippen LogP contribution in [0.15, 0.2) is 30.3 Å². The van der Waals surface area contributed by atoms with Gasteiger partial charge in [-0.1, -0.05) is 12.1 Å². The molecule has 124 valence electrons. The fraction of sp³-hybridized carbons (Fsp3) is 0.286. The lowest BCUT2D eigenvalue weighted by Crippen LogP contribution is -2.17. The van der Waals surface area contributed by atoms with Crippen LogP contribution >= 0.6 is 0 Å². The van der Waals surface area contributed by atoms with Gasteiger partial charge in [-0.15, -0.1) is 13.2 Å². The van der Waals surface area contributed by atoms with E-state index < -0.39 is 6.36 Å². The number of nitrogens with one attached hydrogen (secondary N) is 2. The molecule has 0 unspecified atom stereocenters. The molecule has 3 N–H and O–H groups in total. The van der Waals surface area contributed by atoms with Gasteiger partial charge in [0.25, 0.3) is 0 Å². The lowest BCUT2D eigenvalue weighted by atomic mass is 10.1. The van der Waals surface area contributed by atoms with Gasteiger partial charge in [0.05, 0.1) is 12.3 Å². The minimum atomic E-state index is -4.76. The van der Waals surface area contributed by atoms with Crippen molar-refractivity contribution >= 4 is 11.8 Å². The van der Waals surface area contributed by atoms with Crippen molar-refractivity contribution in [3.05, 3.63) is 30.3 Å². The summed E-state index contributed by atoms with van der Waals surface area (Å²) in [6.45, 7) is 0.154. The van der Waals surface area contributed by atoms with Gasteiger partial charge in [-0.2, -0.15) is 4.98 Å². The molecule has 0 aliphatic heterocycles. The van der Waals surface area contributed by atoms with E-state index in [4.69, 9.17) is 5.11 Å². The maximum absolute atomic E-state index is 12.3. The molecule has 0 saturated carbocycles. The number of nitrogens with zero attached hydrogens (tertiary/aromatic N) is 2. The lowest BCUT2D eigenvalue weighted by Gasteiger charge is -2.11. The van der Waals surface area contributed by atoms with Crippen molar-refractivity contribution in [3.63, 3.8) is 0 Å². The summed E-state index contributed by atoms with van der Waals surface area (Å²) in [5.74, 6) is 0.408. The second-order valence-electron chi connectivity index (χ2n) is 4.44. The first kappa shape index (κ1) is 16.8. The molecule has 6 nitrogen and oxygen atoms in total. The van der Waals surface area contributed by atoms with Gasteiger partial charge in [0.1, 0.15) is 11.6 Å². The van der Waals surface area contributed by atoms with Crippen LogP contribution in [0.3, 0.4) is 0 Å². The molecular weight excluding hydrogens is 313 g/mol. The Morgan fingerprint density at radius 3 is 2.65 bits per heavy atom. The number of benzene rings is 1. The monoisotopic (exact) mass is 328 g/mol. The van der Waals surface area contributed by atoms with Gasteiger partial charge >= 0.3 is 6.36 Å². The van der Waals surface area contributed by atoms with Gasteiger partial charge in [0, 0.05) is 25.2 Å². The molecule has 2 rings (SSSR count). The SMILES string of the molecule is CNc1cc(-c2cccc(OC(F)(F)F)c2)nc(NCCO)n1. The molecular formula is C14H15F3N4O2. The first-order chi connectivity index (χ1) is 10.9. The maximum Gasteiger partial charge on any atom is 0.573 e. The molecule has 0 aliphatic carbocycles. The Morgan fingerprint density at radius 1 is 1.22 bits per heavy atom. The summed E-state index contributed by atoms with van der Waals surface area (Å²) in [7, 11) is 1.66. The maximum atomic E-state index is 12.3. The van der Waals surface area contributed by atoms with E-state index >= 15 is 0 Å². The fourth-order valence-corrected chi connectivity index (χ4v) is 1.82. The highest BCUT2D eigenvalue weighted by atomic mass is 19.4. The third-order valence-electron chi connectivity index (χ3n) is 2.74. The number of hydrogen-bond acceptors (Lipinski definition) is 6. The Morgan fingerprint density at radius 2 is 2.00 bits per heavy atom. The third kappa shape index (κ3) is 4.99. The molecule has 0 atom stereocenters. The van der Waals surface area contributed by atoms with E-state index in [1.165, 1.54) is 18.2 Å². The van der Waals surface area contributed by atoms with Crippen molar-refractivity contribution in [2.24, 2.45) is 0 Å². The van der Waals surface area contributed by atoms with E-state index in [-0.39, 0.29) is 24.8 Å². The highest BCUT2D eigenvalue weighted by Crippen LogP contribution is 2.28. The summed E-state index contributed by atoms with van der Waals surface area (Å²) >= 11 is 0. The highest BCUT2D eigenvalue weighted by Gasteiger charge is 2.31. The molecule has 1 heterocycles. The molecule has 0 amide bonds. The molecule has 9 heteroatoms. The zero-order chi connectivity index (χ0) is 16.9. The summed E-state index contributed by atoms with van der Waals surface area (Å²) in [6, 6.07) is 7.10. The Labute approximate surface area is 130 Å². The van der Waals surface area contributed by atoms with Gasteiger partial charge in [-0.3, -0.25) is 0 Å². The van der Waals surface area contributed by atoms with Crippen molar-refractivity contribution in [3.8, 4) is 17.0 Å². The third-order valence-corrected chi connectivity index (χ3v) is 2.74. The molecule has 0 fully saturated rings. The number of aliphatic hydroxyl groups is 1. The van der Waals surface area contributed by atoms with Crippen LogP contribution in [-0.2, 0) is 0 Å². The van der Waals surface area contributed by atoms with E-state index in [0.717, 1.165) is 0 Å². The molecule has 0 radical (unpaired) electrons. The average Bonchev–Trinajstić information content (AvgIpc) is 2.51. The Hall–Kier alpha value is -2.55. The van der Waals surface area contributed by atoms with Crippen LogP contribution in [0.5, 0.6) is 5.75 Å². The summed E-state index contributed by atoms with van der Waals surface area (Å²) in [5, 5.41) is 14.5. The number of aromatic nitrogens is 2. The van der Waals surface area contributed by atoms with Gasteiger partial charge in [0.15, 0.2) is 0 Å². The smallest absolute Gasteiger partial charge is 0.406 e. The Balaban J connectivity index is 2.34. The standard InChI is InChI=1S/C14H15F3N4O2/c1-18-12-8-11(20-13(21-12)19-5-6-22)9-3-2-4-10(7-9)23-14(15,16)17/h2-4,7-8,22H,5-6H2,1H3,(H2,18,19,20,21). The van der Waals surface area contributed by atoms with Crippen molar-refractivity contribution in [1.82, 2.24) is 9.97 Å². The highest BCUT2D eigenvalue weighted by molar-refractivity contribution is 5.65. The van der Waals surface area contributed by atoms with Crippen molar-refractivity contribution in [2.45, 2.75) is 6.36 Å². The van der Waals surface area contributed by atoms with Crippen molar-refractivity contribution < 1.29 is 23.0 Å². The summed E-state index contributed by atoms with van der Waals surface area (Å²) in [6.07, 6.45) is -4.76. The molecule has 1 aromatic heterocycles. The zero-order valence-electron chi connectivity index (χ0n) is 12.2. The van der Waals surface area contributed by atoms with Crippen LogP contribution in [-0.4, -0.2) is 41.6 Å². The number of alkyl halides is 3. The second kappa shape index (κ2) is 7.14. The van der Waals surface area contributed by atoms with Crippen LogP contribution in [0, 0.1) is 0 Å². The average molecular weight is 328 g/mol. The molecule has 0 bridgehead atoms. The fourth-order valence-electron chi connectivity index (χ4n) is 1.82.